The Labute approximate surface area is 119 Å². The van der Waals surface area contributed by atoms with Crippen LogP contribution in [0.25, 0.3) is 0 Å². The molecule has 0 aliphatic carbocycles. The van der Waals surface area contributed by atoms with Gasteiger partial charge in [-0.3, -0.25) is 0 Å². The Hall–Kier alpha value is -1.33. The smallest absolute Gasteiger partial charge is 0.169 e. The third-order valence-corrected chi connectivity index (χ3v) is 3.46. The number of ether oxygens (including phenoxy) is 1. The van der Waals surface area contributed by atoms with Crippen molar-refractivity contribution >= 4 is 17.3 Å². The molecule has 19 heavy (non-hydrogen) atoms. The lowest BCUT2D eigenvalue weighted by atomic mass is 10.2. The predicted octanol–water partition coefficient (Wildman–Crippen LogP) is 2.32. The fraction of sp³-hybridized carbons (Fsp3) is 0.500. The molecular weight excluding hydrogens is 260 g/mol. The lowest BCUT2D eigenvalue weighted by Crippen LogP contribution is -2.43. The van der Waals surface area contributed by atoms with Gasteiger partial charge in [-0.05, 0) is 37.2 Å². The zero-order chi connectivity index (χ0) is 13.5. The van der Waals surface area contributed by atoms with E-state index in [1.165, 1.54) is 0 Å². The van der Waals surface area contributed by atoms with Gasteiger partial charge < -0.3 is 19.4 Å². The van der Waals surface area contributed by atoms with Crippen LogP contribution in [-0.2, 0) is 11.3 Å². The molecular formula is C14H20N2O2S. The van der Waals surface area contributed by atoms with Crippen LogP contribution in [0, 0.1) is 0 Å². The van der Waals surface area contributed by atoms with Crippen LogP contribution in [0.1, 0.15) is 18.6 Å². The Kier molecular flexibility index (Phi) is 5.42. The molecule has 0 bridgehead atoms. The van der Waals surface area contributed by atoms with Crippen molar-refractivity contribution < 1.29 is 9.15 Å². The fourth-order valence-electron chi connectivity index (χ4n) is 2.12. The summed E-state index contributed by atoms with van der Waals surface area (Å²) in [5.74, 6) is 0.903. The van der Waals surface area contributed by atoms with Crippen LogP contribution in [0.15, 0.2) is 35.5 Å². The molecule has 1 aliphatic heterocycles. The highest BCUT2D eigenvalue weighted by molar-refractivity contribution is 7.80. The quantitative estimate of drug-likeness (QED) is 0.639. The summed E-state index contributed by atoms with van der Waals surface area (Å²) in [7, 11) is 0. The van der Waals surface area contributed by atoms with E-state index in [2.05, 4.69) is 16.8 Å². The lowest BCUT2D eigenvalue weighted by Gasteiger charge is -2.27. The summed E-state index contributed by atoms with van der Waals surface area (Å²) in [6.07, 6.45) is 5.96. The number of hydrogen-bond donors (Lipinski definition) is 1. The average molecular weight is 280 g/mol. The first-order valence-electron chi connectivity index (χ1n) is 6.57. The van der Waals surface area contributed by atoms with Gasteiger partial charge in [-0.2, -0.15) is 0 Å². The molecule has 2 heterocycles. The van der Waals surface area contributed by atoms with Crippen molar-refractivity contribution in [3.05, 3.63) is 36.8 Å². The molecule has 0 spiro atoms. The van der Waals surface area contributed by atoms with Gasteiger partial charge in [-0.15, -0.1) is 6.58 Å². The largest absolute Gasteiger partial charge is 0.467 e. The van der Waals surface area contributed by atoms with Crippen LogP contribution in [0.2, 0.25) is 0 Å². The second-order valence-corrected chi connectivity index (χ2v) is 4.96. The summed E-state index contributed by atoms with van der Waals surface area (Å²) in [6, 6.07) is 3.85. The van der Waals surface area contributed by atoms with E-state index in [9.17, 15) is 0 Å². The lowest BCUT2D eigenvalue weighted by molar-refractivity contribution is 0.0885. The van der Waals surface area contributed by atoms with E-state index in [-0.39, 0.29) is 6.10 Å². The maximum atomic E-state index is 5.68. The highest BCUT2D eigenvalue weighted by Crippen LogP contribution is 2.15. The van der Waals surface area contributed by atoms with Crippen LogP contribution in [-0.4, -0.2) is 35.8 Å². The highest BCUT2D eigenvalue weighted by atomic mass is 32.1. The third kappa shape index (κ3) is 4.36. The zero-order valence-electron chi connectivity index (χ0n) is 11.0. The van der Waals surface area contributed by atoms with Crippen molar-refractivity contribution in [1.29, 1.82) is 0 Å². The fourth-order valence-corrected chi connectivity index (χ4v) is 2.34. The zero-order valence-corrected chi connectivity index (χ0v) is 11.8. The summed E-state index contributed by atoms with van der Waals surface area (Å²) >= 11 is 5.42. The normalized spacial score (nSPS) is 18.2. The molecule has 4 nitrogen and oxygen atoms in total. The number of nitrogens with zero attached hydrogens (tertiary/aromatic N) is 1. The van der Waals surface area contributed by atoms with E-state index < -0.39 is 0 Å². The predicted molar refractivity (Wildman–Crippen MR) is 78.9 cm³/mol. The van der Waals surface area contributed by atoms with Crippen molar-refractivity contribution in [2.24, 2.45) is 0 Å². The number of hydrogen-bond acceptors (Lipinski definition) is 3. The van der Waals surface area contributed by atoms with E-state index >= 15 is 0 Å². The molecule has 0 unspecified atom stereocenters. The average Bonchev–Trinajstić information content (AvgIpc) is 3.08. The Morgan fingerprint density at radius 2 is 2.53 bits per heavy atom. The Bertz CT molecular complexity index is 400. The first kappa shape index (κ1) is 14.1. The van der Waals surface area contributed by atoms with Gasteiger partial charge in [-0.25, -0.2) is 0 Å². The summed E-state index contributed by atoms with van der Waals surface area (Å²) < 4.78 is 11.1. The van der Waals surface area contributed by atoms with Crippen molar-refractivity contribution in [2.45, 2.75) is 25.5 Å². The first-order valence-corrected chi connectivity index (χ1v) is 6.98. The number of furan rings is 1. The topological polar surface area (TPSA) is 37.6 Å². The molecule has 0 radical (unpaired) electrons. The van der Waals surface area contributed by atoms with Gasteiger partial charge in [0.25, 0.3) is 0 Å². The molecule has 1 aliphatic rings. The Morgan fingerprint density at radius 3 is 3.16 bits per heavy atom. The molecule has 0 amide bonds. The van der Waals surface area contributed by atoms with Crippen molar-refractivity contribution in [2.75, 3.05) is 19.7 Å². The summed E-state index contributed by atoms with van der Waals surface area (Å²) in [5, 5.41) is 3.88. The summed E-state index contributed by atoms with van der Waals surface area (Å²) in [5.41, 5.74) is 0. The standard InChI is InChI=1S/C14H20N2O2S/c1-2-7-15-14(19)16(10-12-5-3-8-17-12)11-13-6-4-9-18-13/h2-3,5,8,13H,1,4,6-7,9-11H2,(H,15,19)/t13-/m1/s1. The Balaban J connectivity index is 1.94. The van der Waals surface area contributed by atoms with Gasteiger partial charge in [0.05, 0.1) is 18.9 Å². The monoisotopic (exact) mass is 280 g/mol. The number of thiocarbonyl (C=S) groups is 1. The molecule has 5 heteroatoms. The third-order valence-electron chi connectivity index (χ3n) is 3.06. The molecule has 0 aromatic carbocycles. The van der Waals surface area contributed by atoms with Crippen LogP contribution in [0.3, 0.4) is 0 Å². The van der Waals surface area contributed by atoms with Gasteiger partial charge in [0.2, 0.25) is 0 Å². The van der Waals surface area contributed by atoms with Crippen molar-refractivity contribution in [1.82, 2.24) is 10.2 Å². The molecule has 104 valence electrons. The molecule has 1 saturated heterocycles. The minimum Gasteiger partial charge on any atom is -0.467 e. The summed E-state index contributed by atoms with van der Waals surface area (Å²) in [4.78, 5) is 2.09. The Morgan fingerprint density at radius 1 is 1.63 bits per heavy atom. The van der Waals surface area contributed by atoms with Crippen molar-refractivity contribution in [3.8, 4) is 0 Å². The van der Waals surface area contributed by atoms with Crippen LogP contribution >= 0.6 is 12.2 Å². The maximum absolute atomic E-state index is 5.68. The molecule has 2 rings (SSSR count). The van der Waals surface area contributed by atoms with Crippen molar-refractivity contribution in [3.63, 3.8) is 0 Å². The van der Waals surface area contributed by atoms with Gasteiger partial charge in [0.15, 0.2) is 5.11 Å². The van der Waals surface area contributed by atoms with E-state index in [4.69, 9.17) is 21.4 Å². The molecule has 1 fully saturated rings. The van der Waals surface area contributed by atoms with E-state index in [1.54, 1.807) is 12.3 Å². The number of rotatable bonds is 6. The van der Waals surface area contributed by atoms with Gasteiger partial charge in [0, 0.05) is 19.7 Å². The number of nitrogens with one attached hydrogen (secondary N) is 1. The van der Waals surface area contributed by atoms with E-state index in [0.29, 0.717) is 18.2 Å². The van der Waals surface area contributed by atoms with Gasteiger partial charge in [0.1, 0.15) is 5.76 Å². The second kappa shape index (κ2) is 7.31. The molecule has 0 saturated carbocycles. The van der Waals surface area contributed by atoms with Crippen LogP contribution in [0.4, 0.5) is 0 Å². The SMILES string of the molecule is C=CCNC(=S)N(Cc1ccco1)C[C@H]1CCCO1. The molecule has 1 aromatic rings. The molecule has 1 aromatic heterocycles. The summed E-state index contributed by atoms with van der Waals surface area (Å²) in [6.45, 7) is 6.66. The van der Waals surface area contributed by atoms with Crippen LogP contribution in [0.5, 0.6) is 0 Å². The minimum absolute atomic E-state index is 0.262. The molecule has 1 N–H and O–H groups in total. The van der Waals surface area contributed by atoms with Gasteiger partial charge in [-0.1, -0.05) is 6.08 Å². The first-order chi connectivity index (χ1) is 9.29. The minimum atomic E-state index is 0.262. The van der Waals surface area contributed by atoms with E-state index in [1.807, 2.05) is 12.1 Å². The van der Waals surface area contributed by atoms with Gasteiger partial charge >= 0.3 is 0 Å². The molecule has 1 atom stereocenters. The second-order valence-electron chi connectivity index (χ2n) is 4.57. The maximum Gasteiger partial charge on any atom is 0.169 e. The highest BCUT2D eigenvalue weighted by Gasteiger charge is 2.21. The van der Waals surface area contributed by atoms with E-state index in [0.717, 1.165) is 31.8 Å². The van der Waals surface area contributed by atoms with Crippen LogP contribution < -0.4 is 5.32 Å².